The summed E-state index contributed by atoms with van der Waals surface area (Å²) in [4.78, 5) is 38.8. The summed E-state index contributed by atoms with van der Waals surface area (Å²) in [5.74, 6) is 0.510. The van der Waals surface area contributed by atoms with Gasteiger partial charge < -0.3 is 20.3 Å². The van der Waals surface area contributed by atoms with Crippen molar-refractivity contribution in [2.75, 3.05) is 24.7 Å². The summed E-state index contributed by atoms with van der Waals surface area (Å²) in [7, 11) is 1.56. The second-order valence-electron chi connectivity index (χ2n) is 9.03. The van der Waals surface area contributed by atoms with Crippen molar-refractivity contribution in [3.05, 3.63) is 59.4 Å². The average molecular weight is 514 g/mol. The van der Waals surface area contributed by atoms with E-state index in [2.05, 4.69) is 16.7 Å². The van der Waals surface area contributed by atoms with Crippen molar-refractivity contribution in [3.8, 4) is 0 Å². The minimum atomic E-state index is -0.592. The van der Waals surface area contributed by atoms with Crippen LogP contribution in [0.5, 0.6) is 0 Å². The predicted octanol–water partition coefficient (Wildman–Crippen LogP) is 5.42. The molecule has 2 amide bonds. The molecule has 1 aliphatic rings. The Kier molecular flexibility index (Phi) is 11.3. The van der Waals surface area contributed by atoms with Crippen LogP contribution in [-0.4, -0.2) is 48.4 Å². The highest BCUT2D eigenvalue weighted by Crippen LogP contribution is 2.34. The van der Waals surface area contributed by atoms with Crippen LogP contribution in [-0.2, 0) is 16.1 Å². The first-order chi connectivity index (χ1) is 17.5. The van der Waals surface area contributed by atoms with Gasteiger partial charge in [-0.2, -0.15) is 0 Å². The van der Waals surface area contributed by atoms with Gasteiger partial charge in [-0.15, -0.1) is 11.8 Å². The molecule has 0 aliphatic carbocycles. The fourth-order valence-corrected chi connectivity index (χ4v) is 5.44. The zero-order chi connectivity index (χ0) is 25.8. The number of hydrogen-bond acceptors (Lipinski definition) is 5. The quantitative estimate of drug-likeness (QED) is 0.178. The second kappa shape index (κ2) is 14.6. The lowest BCUT2D eigenvalue weighted by Gasteiger charge is -2.22. The van der Waals surface area contributed by atoms with Crippen molar-refractivity contribution in [2.24, 2.45) is 0 Å². The number of carbonyl (C=O) groups excluding carboxylic acids is 3. The Bertz CT molecular complexity index is 1020. The molecule has 0 bridgehead atoms. The Morgan fingerprint density at radius 3 is 2.53 bits per heavy atom. The Labute approximate surface area is 217 Å². The van der Waals surface area contributed by atoms with E-state index in [-0.39, 0.29) is 24.1 Å². The van der Waals surface area contributed by atoms with E-state index in [0.29, 0.717) is 18.5 Å². The molecule has 8 heteroatoms. The van der Waals surface area contributed by atoms with Crippen LogP contribution in [0.25, 0.3) is 0 Å². The lowest BCUT2D eigenvalue weighted by molar-refractivity contribution is -0.121. The molecular formula is C28H36FN3O3S. The van der Waals surface area contributed by atoms with E-state index in [0.717, 1.165) is 47.6 Å². The molecule has 0 saturated carbocycles. The zero-order valence-corrected chi connectivity index (χ0v) is 21.7. The third-order valence-electron chi connectivity index (χ3n) is 6.46. The van der Waals surface area contributed by atoms with E-state index in [1.165, 1.54) is 37.8 Å². The number of amides is 2. The average Bonchev–Trinajstić information content (AvgIpc) is 3.23. The molecule has 1 heterocycles. The van der Waals surface area contributed by atoms with E-state index >= 15 is 0 Å². The number of carbonyl (C=O) groups is 3. The summed E-state index contributed by atoms with van der Waals surface area (Å²) in [6, 6.07) is 11.6. The maximum absolute atomic E-state index is 12.9. The van der Waals surface area contributed by atoms with Crippen LogP contribution in [0, 0.1) is 5.82 Å². The minimum absolute atomic E-state index is 0.129. The summed E-state index contributed by atoms with van der Waals surface area (Å²) in [6.07, 6.45) is 8.26. The van der Waals surface area contributed by atoms with Crippen LogP contribution in [0.4, 0.5) is 10.1 Å². The van der Waals surface area contributed by atoms with Gasteiger partial charge in [0, 0.05) is 42.7 Å². The smallest absolute Gasteiger partial charge is 0.255 e. The Morgan fingerprint density at radius 2 is 1.81 bits per heavy atom. The van der Waals surface area contributed by atoms with Gasteiger partial charge in [0.2, 0.25) is 5.91 Å². The number of benzene rings is 2. The topological polar surface area (TPSA) is 78.5 Å². The van der Waals surface area contributed by atoms with Gasteiger partial charge in [-0.3, -0.25) is 9.59 Å². The summed E-state index contributed by atoms with van der Waals surface area (Å²) in [5, 5.41) is 5.87. The van der Waals surface area contributed by atoms with Crippen molar-refractivity contribution in [1.82, 2.24) is 10.2 Å². The number of nitrogens with one attached hydrogen (secondary N) is 2. The van der Waals surface area contributed by atoms with Gasteiger partial charge in [-0.25, -0.2) is 4.39 Å². The van der Waals surface area contributed by atoms with Gasteiger partial charge in [-0.05, 0) is 67.0 Å². The van der Waals surface area contributed by atoms with Crippen molar-refractivity contribution in [3.63, 3.8) is 0 Å². The third kappa shape index (κ3) is 8.08. The number of thioether (sulfide) groups is 1. The number of rotatable bonds is 16. The van der Waals surface area contributed by atoms with Gasteiger partial charge in [0.1, 0.15) is 12.1 Å². The molecule has 1 atom stereocenters. The maximum atomic E-state index is 12.9. The summed E-state index contributed by atoms with van der Waals surface area (Å²) in [5.41, 5.74) is 2.62. The van der Waals surface area contributed by atoms with E-state index in [1.807, 2.05) is 12.1 Å². The third-order valence-corrected chi connectivity index (χ3v) is 7.64. The maximum Gasteiger partial charge on any atom is 0.255 e. The molecular weight excluding hydrogens is 477 g/mol. The van der Waals surface area contributed by atoms with Crippen molar-refractivity contribution < 1.29 is 18.8 Å². The monoisotopic (exact) mass is 513 g/mol. The van der Waals surface area contributed by atoms with Gasteiger partial charge in [0.15, 0.2) is 0 Å². The van der Waals surface area contributed by atoms with E-state index in [1.54, 1.807) is 35.8 Å². The first kappa shape index (κ1) is 27.7. The number of aldehydes is 1. The number of nitrogens with zero attached hydrogens (tertiary/aromatic N) is 1. The number of unbranched alkanes of at least 4 members (excludes halogenated alkanes) is 5. The first-order valence-electron chi connectivity index (χ1n) is 12.7. The fraction of sp³-hybridized carbons (Fsp3) is 0.464. The molecule has 3 rings (SSSR count). The Morgan fingerprint density at radius 1 is 1.08 bits per heavy atom. The number of halogens is 1. The molecule has 0 aromatic heterocycles. The highest BCUT2D eigenvalue weighted by molar-refractivity contribution is 7.99. The van der Waals surface area contributed by atoms with Crippen molar-refractivity contribution in [2.45, 2.75) is 68.8 Å². The SMILES string of the molecule is CNC(=O)CCC(C=O)N1Cc2c(SCCCCCCCCNc3ccc(F)cc3)cccc2C1=O. The van der Waals surface area contributed by atoms with E-state index < -0.39 is 6.04 Å². The molecule has 1 unspecified atom stereocenters. The molecule has 2 aromatic carbocycles. The second-order valence-corrected chi connectivity index (χ2v) is 10.2. The summed E-state index contributed by atoms with van der Waals surface area (Å²) < 4.78 is 12.9. The molecule has 0 saturated heterocycles. The lowest BCUT2D eigenvalue weighted by atomic mass is 10.1. The highest BCUT2D eigenvalue weighted by Gasteiger charge is 2.34. The molecule has 0 radical (unpaired) electrons. The van der Waals surface area contributed by atoms with Crippen LogP contribution in [0.3, 0.4) is 0 Å². The molecule has 2 N–H and O–H groups in total. The minimum Gasteiger partial charge on any atom is -0.385 e. The number of fused-ring (bicyclic) bond motifs is 1. The van der Waals surface area contributed by atoms with Crippen LogP contribution >= 0.6 is 11.8 Å². The normalized spacial score (nSPS) is 13.4. The first-order valence-corrected chi connectivity index (χ1v) is 13.7. The van der Waals surface area contributed by atoms with Crippen LogP contribution < -0.4 is 10.6 Å². The number of anilines is 1. The molecule has 2 aromatic rings. The predicted molar refractivity (Wildman–Crippen MR) is 143 cm³/mol. The van der Waals surface area contributed by atoms with Crippen molar-refractivity contribution >= 4 is 35.5 Å². The zero-order valence-electron chi connectivity index (χ0n) is 20.9. The van der Waals surface area contributed by atoms with Crippen LogP contribution in [0.1, 0.15) is 67.3 Å². The summed E-state index contributed by atoms with van der Waals surface area (Å²) in [6.45, 7) is 1.31. The van der Waals surface area contributed by atoms with Crippen LogP contribution in [0.15, 0.2) is 47.4 Å². The molecule has 36 heavy (non-hydrogen) atoms. The largest absolute Gasteiger partial charge is 0.385 e. The Balaban J connectivity index is 1.34. The highest BCUT2D eigenvalue weighted by atomic mass is 32.2. The Hall–Kier alpha value is -2.87. The van der Waals surface area contributed by atoms with E-state index in [9.17, 15) is 18.8 Å². The standard InChI is InChI=1S/C28H36FN3O3S/c1-30-27(34)16-15-23(20-33)32-19-25-24(28(32)35)9-8-10-26(25)36-18-7-5-3-2-4-6-17-31-22-13-11-21(29)12-14-22/h8-14,20,23,31H,2-7,15-19H2,1H3,(H,30,34). The fourth-order valence-electron chi connectivity index (χ4n) is 4.35. The molecule has 0 fully saturated rings. The van der Waals surface area contributed by atoms with Gasteiger partial charge in [0.25, 0.3) is 5.91 Å². The molecule has 0 spiro atoms. The van der Waals surface area contributed by atoms with Crippen molar-refractivity contribution in [1.29, 1.82) is 0 Å². The van der Waals surface area contributed by atoms with Crippen LogP contribution in [0.2, 0.25) is 0 Å². The van der Waals surface area contributed by atoms with Gasteiger partial charge >= 0.3 is 0 Å². The number of hydrogen-bond donors (Lipinski definition) is 2. The molecule has 6 nitrogen and oxygen atoms in total. The van der Waals surface area contributed by atoms with Gasteiger partial charge in [0.05, 0.1) is 6.04 Å². The lowest BCUT2D eigenvalue weighted by Crippen LogP contribution is -2.37. The van der Waals surface area contributed by atoms with Gasteiger partial charge in [-0.1, -0.05) is 31.7 Å². The molecule has 194 valence electrons. The summed E-state index contributed by atoms with van der Waals surface area (Å²) >= 11 is 1.77. The molecule has 1 aliphatic heterocycles. The van der Waals surface area contributed by atoms with E-state index in [4.69, 9.17) is 0 Å².